The second-order valence-electron chi connectivity index (χ2n) is 10.3. The molecule has 1 aromatic carbocycles. The fraction of sp³-hybridized carbons (Fsp3) is 0.593. The third-order valence-corrected chi connectivity index (χ3v) is 8.16. The number of benzene rings is 1. The van der Waals surface area contributed by atoms with E-state index in [1.165, 1.54) is 11.3 Å². The summed E-state index contributed by atoms with van der Waals surface area (Å²) in [5, 5.41) is 10.7. The summed E-state index contributed by atoms with van der Waals surface area (Å²) in [5.41, 5.74) is 9.24. The maximum absolute atomic E-state index is 13.3. The topological polar surface area (TPSA) is 98.8 Å². The number of anilines is 2. The van der Waals surface area contributed by atoms with Crippen molar-refractivity contribution in [2.45, 2.75) is 70.2 Å². The molecule has 2 fully saturated rings. The molecule has 3 aliphatic rings. The SMILES string of the molecule is CCC(O)C1Cc2ccccc2N1C1CCN(C(=O)C2CCN(Cc3cnc(N)nc3)CC2)CC1. The van der Waals surface area contributed by atoms with Crippen LogP contribution in [-0.2, 0) is 17.8 Å². The summed E-state index contributed by atoms with van der Waals surface area (Å²) in [6.07, 6.45) is 8.64. The zero-order chi connectivity index (χ0) is 24.4. The van der Waals surface area contributed by atoms with Crippen LogP contribution in [0, 0.1) is 5.92 Å². The maximum Gasteiger partial charge on any atom is 0.225 e. The molecule has 0 radical (unpaired) electrons. The van der Waals surface area contributed by atoms with Crippen LogP contribution in [-0.4, -0.2) is 75.1 Å². The fourth-order valence-corrected chi connectivity index (χ4v) is 6.16. The Hall–Kier alpha value is -2.71. The van der Waals surface area contributed by atoms with Crippen molar-refractivity contribution in [1.82, 2.24) is 19.8 Å². The lowest BCUT2D eigenvalue weighted by Crippen LogP contribution is -2.53. The number of fused-ring (bicyclic) bond motifs is 1. The first-order valence-corrected chi connectivity index (χ1v) is 13.1. The predicted octanol–water partition coefficient (Wildman–Crippen LogP) is 2.46. The largest absolute Gasteiger partial charge is 0.391 e. The van der Waals surface area contributed by atoms with Crippen LogP contribution < -0.4 is 10.6 Å². The minimum atomic E-state index is -0.327. The Morgan fingerprint density at radius 2 is 1.77 bits per heavy atom. The Kier molecular flexibility index (Phi) is 7.20. The number of hydrogen-bond acceptors (Lipinski definition) is 7. The molecule has 2 unspecified atom stereocenters. The molecule has 1 aromatic heterocycles. The molecule has 0 saturated carbocycles. The van der Waals surface area contributed by atoms with Gasteiger partial charge in [-0.15, -0.1) is 0 Å². The molecule has 4 heterocycles. The standard InChI is InChI=1S/C27H38N6O2/c1-2-25(34)24-15-21-5-3-4-6-23(21)33(24)22-9-13-32(14-10-22)26(35)20-7-11-31(12-8-20)18-19-16-29-27(28)30-17-19/h3-6,16-17,20,22,24-25,34H,2,7-15,18H2,1H3,(H2,28,29,30). The lowest BCUT2D eigenvalue weighted by Gasteiger charge is -2.43. The molecule has 8 nitrogen and oxygen atoms in total. The van der Waals surface area contributed by atoms with Crippen LogP contribution in [0.5, 0.6) is 0 Å². The van der Waals surface area contributed by atoms with Crippen LogP contribution in [0.15, 0.2) is 36.7 Å². The highest BCUT2D eigenvalue weighted by atomic mass is 16.3. The number of carbonyl (C=O) groups excluding carboxylic acids is 1. The van der Waals surface area contributed by atoms with Crippen molar-refractivity contribution in [3.63, 3.8) is 0 Å². The summed E-state index contributed by atoms with van der Waals surface area (Å²) < 4.78 is 0. The number of carbonyl (C=O) groups is 1. The number of nitrogens with zero attached hydrogens (tertiary/aromatic N) is 5. The molecule has 5 rings (SSSR count). The first kappa shape index (κ1) is 24.0. The zero-order valence-electron chi connectivity index (χ0n) is 20.7. The molecule has 3 aliphatic heterocycles. The lowest BCUT2D eigenvalue weighted by molar-refractivity contribution is -0.138. The molecule has 0 spiro atoms. The van der Waals surface area contributed by atoms with E-state index in [0.717, 1.165) is 76.8 Å². The van der Waals surface area contributed by atoms with Crippen LogP contribution in [0.1, 0.15) is 50.2 Å². The van der Waals surface area contributed by atoms with E-state index in [9.17, 15) is 9.90 Å². The molecule has 1 amide bonds. The van der Waals surface area contributed by atoms with Gasteiger partial charge in [0.1, 0.15) is 0 Å². The summed E-state index contributed by atoms with van der Waals surface area (Å²) in [6.45, 7) is 6.30. The van der Waals surface area contributed by atoms with Gasteiger partial charge in [-0.3, -0.25) is 9.69 Å². The fourth-order valence-electron chi connectivity index (χ4n) is 6.16. The lowest BCUT2D eigenvalue weighted by atomic mass is 9.93. The van der Waals surface area contributed by atoms with E-state index in [4.69, 9.17) is 5.73 Å². The van der Waals surface area contributed by atoms with Gasteiger partial charge in [0.25, 0.3) is 0 Å². The molecular weight excluding hydrogens is 440 g/mol. The second-order valence-corrected chi connectivity index (χ2v) is 10.3. The highest BCUT2D eigenvalue weighted by Crippen LogP contribution is 2.38. The zero-order valence-corrected chi connectivity index (χ0v) is 20.7. The Morgan fingerprint density at radius 1 is 1.09 bits per heavy atom. The molecule has 2 aromatic rings. The first-order valence-electron chi connectivity index (χ1n) is 13.1. The highest BCUT2D eigenvalue weighted by molar-refractivity contribution is 5.79. The van der Waals surface area contributed by atoms with Crippen LogP contribution in [0.4, 0.5) is 11.6 Å². The van der Waals surface area contributed by atoms with E-state index in [-0.39, 0.29) is 18.1 Å². The quantitative estimate of drug-likeness (QED) is 0.658. The van der Waals surface area contributed by atoms with Crippen LogP contribution in [0.3, 0.4) is 0 Å². The molecule has 8 heteroatoms. The van der Waals surface area contributed by atoms with E-state index in [0.29, 0.717) is 17.9 Å². The Bertz CT molecular complexity index is 999. The normalized spacial score (nSPS) is 22.9. The number of aliphatic hydroxyl groups is 1. The van der Waals surface area contributed by atoms with Gasteiger partial charge >= 0.3 is 0 Å². The minimum Gasteiger partial charge on any atom is -0.391 e. The Labute approximate surface area is 208 Å². The number of piperidine rings is 2. The van der Waals surface area contributed by atoms with Crippen LogP contribution >= 0.6 is 0 Å². The van der Waals surface area contributed by atoms with E-state index in [2.05, 4.69) is 55.9 Å². The van der Waals surface area contributed by atoms with Gasteiger partial charge in [-0.2, -0.15) is 0 Å². The Morgan fingerprint density at radius 3 is 2.46 bits per heavy atom. The van der Waals surface area contributed by atoms with Gasteiger partial charge in [0.15, 0.2) is 0 Å². The highest BCUT2D eigenvalue weighted by Gasteiger charge is 2.39. The van der Waals surface area contributed by atoms with E-state index >= 15 is 0 Å². The van der Waals surface area contributed by atoms with Crippen LogP contribution in [0.25, 0.3) is 0 Å². The Balaban J connectivity index is 1.14. The third kappa shape index (κ3) is 5.14. The maximum atomic E-state index is 13.3. The van der Waals surface area contributed by atoms with Gasteiger partial charge in [0.2, 0.25) is 11.9 Å². The summed E-state index contributed by atoms with van der Waals surface area (Å²) in [5.74, 6) is 0.742. The number of hydrogen-bond donors (Lipinski definition) is 2. The van der Waals surface area contributed by atoms with Crippen molar-refractivity contribution < 1.29 is 9.90 Å². The van der Waals surface area contributed by atoms with Crippen molar-refractivity contribution >= 4 is 17.5 Å². The van der Waals surface area contributed by atoms with Gasteiger partial charge in [-0.25, -0.2) is 9.97 Å². The number of aromatic nitrogens is 2. The molecule has 0 bridgehead atoms. The number of rotatable bonds is 6. The molecule has 2 atom stereocenters. The van der Waals surface area contributed by atoms with Gasteiger partial charge in [-0.1, -0.05) is 25.1 Å². The van der Waals surface area contributed by atoms with Crippen LogP contribution in [0.2, 0.25) is 0 Å². The molecule has 35 heavy (non-hydrogen) atoms. The number of nitrogen functional groups attached to an aromatic ring is 1. The number of likely N-dealkylation sites (tertiary alicyclic amines) is 2. The van der Waals surface area contributed by atoms with E-state index < -0.39 is 0 Å². The number of para-hydroxylation sites is 1. The first-order chi connectivity index (χ1) is 17.0. The van der Waals surface area contributed by atoms with Gasteiger partial charge in [0.05, 0.1) is 12.1 Å². The van der Waals surface area contributed by atoms with Gasteiger partial charge < -0.3 is 20.6 Å². The van der Waals surface area contributed by atoms with Crippen molar-refractivity contribution in [2.75, 3.05) is 36.8 Å². The second kappa shape index (κ2) is 10.5. The average Bonchev–Trinajstić information content (AvgIpc) is 3.29. The molecular formula is C27H38N6O2. The summed E-state index contributed by atoms with van der Waals surface area (Å²) >= 11 is 0. The van der Waals surface area contributed by atoms with Crippen molar-refractivity contribution in [3.8, 4) is 0 Å². The van der Waals surface area contributed by atoms with Gasteiger partial charge in [-0.05, 0) is 63.2 Å². The number of aliphatic hydroxyl groups excluding tert-OH is 1. The average molecular weight is 479 g/mol. The van der Waals surface area contributed by atoms with Crippen molar-refractivity contribution in [3.05, 3.63) is 47.8 Å². The molecule has 2 saturated heterocycles. The number of nitrogens with two attached hydrogens (primary N) is 1. The smallest absolute Gasteiger partial charge is 0.225 e. The predicted molar refractivity (Wildman–Crippen MR) is 137 cm³/mol. The summed E-state index contributed by atoms with van der Waals surface area (Å²) in [7, 11) is 0. The van der Waals surface area contributed by atoms with Gasteiger partial charge in [0, 0.05) is 55.2 Å². The molecule has 0 aliphatic carbocycles. The third-order valence-electron chi connectivity index (χ3n) is 8.16. The molecule has 3 N–H and O–H groups in total. The summed E-state index contributed by atoms with van der Waals surface area (Å²) in [4.78, 5) is 28.4. The van der Waals surface area contributed by atoms with E-state index in [1.54, 1.807) is 12.4 Å². The minimum absolute atomic E-state index is 0.118. The summed E-state index contributed by atoms with van der Waals surface area (Å²) in [6, 6.07) is 9.08. The van der Waals surface area contributed by atoms with E-state index in [1.807, 2.05) is 0 Å². The monoisotopic (exact) mass is 478 g/mol. The van der Waals surface area contributed by atoms with Crippen molar-refractivity contribution in [2.24, 2.45) is 5.92 Å². The number of amides is 1. The molecule has 188 valence electrons. The van der Waals surface area contributed by atoms with Crippen molar-refractivity contribution in [1.29, 1.82) is 0 Å².